The molecule has 4 aromatic rings. The van der Waals surface area contributed by atoms with Crippen molar-refractivity contribution in [2.45, 2.75) is 25.3 Å². The number of anilines is 1. The number of nitrogens with one attached hydrogen (secondary N) is 1. The second-order valence-corrected chi connectivity index (χ2v) is 8.07. The Balaban J connectivity index is 1.49. The van der Waals surface area contributed by atoms with Gasteiger partial charge in [-0.1, -0.05) is 12.1 Å². The van der Waals surface area contributed by atoms with E-state index in [0.717, 1.165) is 26.9 Å². The fourth-order valence-electron chi connectivity index (χ4n) is 4.21. The van der Waals surface area contributed by atoms with Crippen molar-refractivity contribution in [2.24, 2.45) is 0 Å². The number of amides is 1. The third-order valence-corrected chi connectivity index (χ3v) is 5.93. The standard InChI is InChI=1S/C23H22F2N6O2/c1-14(32)30-10-8-19(23(24,25)13-30)27-22-28-21(33-2)20-17(7-11-31(20)29-22)15-5-6-18-16(12-15)4-3-9-26-18/h3-7,9,11-12,19H,8,10,13H2,1-2H3,(H,27,29). The molecule has 170 valence electrons. The van der Waals surface area contributed by atoms with Crippen molar-refractivity contribution in [1.82, 2.24) is 24.5 Å². The molecule has 0 radical (unpaired) electrons. The summed E-state index contributed by atoms with van der Waals surface area (Å²) in [5.41, 5.74) is 3.30. The van der Waals surface area contributed by atoms with E-state index in [9.17, 15) is 13.6 Å². The van der Waals surface area contributed by atoms with Crippen LogP contribution in [-0.2, 0) is 4.79 Å². The van der Waals surface area contributed by atoms with Gasteiger partial charge in [0.05, 0.1) is 25.2 Å². The Labute approximate surface area is 188 Å². The van der Waals surface area contributed by atoms with Crippen LogP contribution in [0.5, 0.6) is 5.88 Å². The number of piperidine rings is 1. The topological polar surface area (TPSA) is 84.6 Å². The highest BCUT2D eigenvalue weighted by atomic mass is 19.3. The van der Waals surface area contributed by atoms with Crippen molar-refractivity contribution >= 4 is 28.3 Å². The molecule has 8 nitrogen and oxygen atoms in total. The zero-order valence-electron chi connectivity index (χ0n) is 18.1. The number of methoxy groups -OCH3 is 1. The van der Waals surface area contributed by atoms with Gasteiger partial charge in [-0.15, -0.1) is 5.10 Å². The zero-order chi connectivity index (χ0) is 23.2. The number of nitrogens with zero attached hydrogens (tertiary/aromatic N) is 5. The van der Waals surface area contributed by atoms with Gasteiger partial charge in [-0.25, -0.2) is 13.3 Å². The van der Waals surface area contributed by atoms with Crippen LogP contribution in [0.2, 0.25) is 0 Å². The molecule has 1 aliphatic rings. The molecule has 4 heterocycles. The second-order valence-electron chi connectivity index (χ2n) is 8.07. The molecule has 0 saturated carbocycles. The van der Waals surface area contributed by atoms with E-state index in [1.807, 2.05) is 36.4 Å². The van der Waals surface area contributed by atoms with Crippen molar-refractivity contribution < 1.29 is 18.3 Å². The molecule has 1 fully saturated rings. The molecule has 1 aliphatic heterocycles. The van der Waals surface area contributed by atoms with E-state index in [2.05, 4.69) is 20.4 Å². The number of carbonyl (C=O) groups is 1. The third kappa shape index (κ3) is 3.81. The van der Waals surface area contributed by atoms with Crippen molar-refractivity contribution in [1.29, 1.82) is 0 Å². The first-order chi connectivity index (χ1) is 15.9. The van der Waals surface area contributed by atoms with Gasteiger partial charge in [-0.3, -0.25) is 9.78 Å². The number of ether oxygens (including phenoxy) is 1. The Kier molecular flexibility index (Phi) is 5.07. The van der Waals surface area contributed by atoms with E-state index in [0.29, 0.717) is 5.52 Å². The van der Waals surface area contributed by atoms with Crippen molar-refractivity contribution in [2.75, 3.05) is 25.5 Å². The number of fused-ring (bicyclic) bond motifs is 2. The summed E-state index contributed by atoms with van der Waals surface area (Å²) in [6, 6.07) is 10.5. The number of rotatable bonds is 4. The minimum Gasteiger partial charge on any atom is -0.479 e. The maximum Gasteiger partial charge on any atom is 0.285 e. The molecule has 1 saturated heterocycles. The Bertz CT molecular complexity index is 1360. The van der Waals surface area contributed by atoms with Crippen LogP contribution in [0.25, 0.3) is 27.5 Å². The van der Waals surface area contributed by atoms with Crippen LogP contribution >= 0.6 is 0 Å². The quantitative estimate of drug-likeness (QED) is 0.509. The normalized spacial score (nSPS) is 17.9. The van der Waals surface area contributed by atoms with Crippen molar-refractivity contribution in [3.05, 3.63) is 48.8 Å². The van der Waals surface area contributed by atoms with Gasteiger partial charge in [-0.2, -0.15) is 4.98 Å². The number of hydrogen-bond acceptors (Lipinski definition) is 6. The van der Waals surface area contributed by atoms with Crippen LogP contribution in [0.1, 0.15) is 13.3 Å². The number of hydrogen-bond donors (Lipinski definition) is 1. The van der Waals surface area contributed by atoms with E-state index in [1.54, 1.807) is 16.9 Å². The minimum atomic E-state index is -3.11. The van der Waals surface area contributed by atoms with Crippen LogP contribution in [0.3, 0.4) is 0 Å². The molecule has 0 bridgehead atoms. The average molecular weight is 452 g/mol. The monoisotopic (exact) mass is 452 g/mol. The summed E-state index contributed by atoms with van der Waals surface area (Å²) in [7, 11) is 1.48. The maximum absolute atomic E-state index is 14.7. The molecule has 1 unspecified atom stereocenters. The molecule has 5 rings (SSSR count). The lowest BCUT2D eigenvalue weighted by Gasteiger charge is -2.38. The lowest BCUT2D eigenvalue weighted by Crippen LogP contribution is -2.55. The van der Waals surface area contributed by atoms with E-state index in [1.165, 1.54) is 14.0 Å². The lowest BCUT2D eigenvalue weighted by molar-refractivity contribution is -0.140. The molecule has 1 N–H and O–H groups in total. The minimum absolute atomic E-state index is 0.0326. The summed E-state index contributed by atoms with van der Waals surface area (Å²) in [5.74, 6) is -3.18. The molecule has 0 aliphatic carbocycles. The van der Waals surface area contributed by atoms with Crippen molar-refractivity contribution in [3.8, 4) is 17.0 Å². The van der Waals surface area contributed by atoms with Gasteiger partial charge in [0, 0.05) is 36.8 Å². The highest BCUT2D eigenvalue weighted by Gasteiger charge is 2.45. The SMILES string of the molecule is COc1nc(NC2CCN(C(C)=O)CC2(F)F)nn2ccc(-c3ccc4ncccc4c3)c12. The molecule has 1 atom stereocenters. The maximum atomic E-state index is 14.7. The number of alkyl halides is 2. The Hall–Kier alpha value is -3.82. The van der Waals surface area contributed by atoms with Gasteiger partial charge < -0.3 is 15.0 Å². The van der Waals surface area contributed by atoms with Gasteiger partial charge >= 0.3 is 0 Å². The molecule has 33 heavy (non-hydrogen) atoms. The van der Waals surface area contributed by atoms with E-state index >= 15 is 0 Å². The highest BCUT2D eigenvalue weighted by molar-refractivity contribution is 5.90. The summed E-state index contributed by atoms with van der Waals surface area (Å²) >= 11 is 0. The third-order valence-electron chi connectivity index (χ3n) is 5.93. The summed E-state index contributed by atoms with van der Waals surface area (Å²) in [6.45, 7) is 0.901. The smallest absolute Gasteiger partial charge is 0.285 e. The first-order valence-electron chi connectivity index (χ1n) is 10.5. The van der Waals surface area contributed by atoms with Gasteiger partial charge in [0.25, 0.3) is 5.92 Å². The summed E-state index contributed by atoms with van der Waals surface area (Å²) < 4.78 is 36.4. The average Bonchev–Trinajstić information content (AvgIpc) is 3.23. The molecule has 3 aromatic heterocycles. The molecular weight excluding hydrogens is 430 g/mol. The van der Waals surface area contributed by atoms with Crippen LogP contribution in [0, 0.1) is 0 Å². The van der Waals surface area contributed by atoms with Crippen LogP contribution < -0.4 is 10.1 Å². The van der Waals surface area contributed by atoms with Gasteiger partial charge in [0.15, 0.2) is 0 Å². The lowest BCUT2D eigenvalue weighted by atomic mass is 10.0. The molecule has 1 aromatic carbocycles. The zero-order valence-corrected chi connectivity index (χ0v) is 18.1. The predicted octanol–water partition coefficient (Wildman–Crippen LogP) is 3.62. The second kappa shape index (κ2) is 7.95. The van der Waals surface area contributed by atoms with E-state index in [4.69, 9.17) is 4.74 Å². The van der Waals surface area contributed by atoms with Gasteiger partial charge in [0.1, 0.15) is 5.52 Å². The number of pyridine rings is 1. The number of carbonyl (C=O) groups excluding carboxylic acids is 1. The fourth-order valence-corrected chi connectivity index (χ4v) is 4.21. The van der Waals surface area contributed by atoms with E-state index in [-0.39, 0.29) is 30.7 Å². The Morgan fingerprint density at radius 1 is 1.27 bits per heavy atom. The van der Waals surface area contributed by atoms with E-state index < -0.39 is 18.5 Å². The van der Waals surface area contributed by atoms with Gasteiger partial charge in [0.2, 0.25) is 17.7 Å². The first-order valence-corrected chi connectivity index (χ1v) is 10.5. The summed E-state index contributed by atoms with van der Waals surface area (Å²) in [4.78, 5) is 21.4. The number of aromatic nitrogens is 4. The van der Waals surface area contributed by atoms with Crippen LogP contribution in [-0.4, -0.2) is 62.6 Å². The summed E-state index contributed by atoms with van der Waals surface area (Å²) in [6.07, 6.45) is 3.57. The predicted molar refractivity (Wildman–Crippen MR) is 120 cm³/mol. The number of benzene rings is 1. The number of halogens is 2. The van der Waals surface area contributed by atoms with Crippen LogP contribution in [0.4, 0.5) is 14.7 Å². The van der Waals surface area contributed by atoms with Gasteiger partial charge in [-0.05, 0) is 36.2 Å². The molecule has 0 spiro atoms. The molecule has 1 amide bonds. The summed E-state index contributed by atoms with van der Waals surface area (Å²) in [5, 5.41) is 8.14. The Morgan fingerprint density at radius 2 is 2.12 bits per heavy atom. The Morgan fingerprint density at radius 3 is 2.88 bits per heavy atom. The fraction of sp³-hybridized carbons (Fsp3) is 0.304. The number of likely N-dealkylation sites (tertiary alicyclic amines) is 1. The molecular formula is C23H22F2N6O2. The highest BCUT2D eigenvalue weighted by Crippen LogP contribution is 2.34. The largest absolute Gasteiger partial charge is 0.479 e. The molecule has 10 heteroatoms. The van der Waals surface area contributed by atoms with Crippen LogP contribution in [0.15, 0.2) is 48.8 Å². The van der Waals surface area contributed by atoms with Crippen molar-refractivity contribution in [3.63, 3.8) is 0 Å². The first kappa shape index (κ1) is 21.0.